The van der Waals surface area contributed by atoms with Crippen LogP contribution in [0.5, 0.6) is 0 Å². The molecule has 0 fully saturated rings. The Hall–Kier alpha value is -2.12. The van der Waals surface area contributed by atoms with Crippen LogP contribution >= 0.6 is 46.1 Å². The van der Waals surface area contributed by atoms with Crippen molar-refractivity contribution >= 4 is 46.1 Å². The molecule has 0 saturated carbocycles. The molecule has 0 N–H and O–H groups in total. The van der Waals surface area contributed by atoms with Gasteiger partial charge in [0.25, 0.3) is 0 Å². The standard InChI is InChI=1S/2C6H6ClN.C5H6N2.C4H4ClNS/c1-5-2-3-6(7)8-4-5;1-5-3-2-4-6(7)8-5;1-5-2-6-4-7-3-5;1-3-6-2-4(5)7-3/h2*2-4H,1H3;2-4H,1H3;2H,1H3. The lowest BCUT2D eigenvalue weighted by Gasteiger charge is -1.88. The van der Waals surface area contributed by atoms with Crippen molar-refractivity contribution in [3.05, 3.63) is 97.9 Å². The summed E-state index contributed by atoms with van der Waals surface area (Å²) >= 11 is 18.0. The summed E-state index contributed by atoms with van der Waals surface area (Å²) in [5.41, 5.74) is 3.19. The van der Waals surface area contributed by atoms with E-state index in [0.717, 1.165) is 26.2 Å². The highest BCUT2D eigenvalue weighted by Crippen LogP contribution is 2.16. The molecule has 0 aliphatic heterocycles. The summed E-state index contributed by atoms with van der Waals surface area (Å²) < 4.78 is 0.762. The molecule has 30 heavy (non-hydrogen) atoms. The van der Waals surface area contributed by atoms with Crippen molar-refractivity contribution in [2.24, 2.45) is 0 Å². The summed E-state index contributed by atoms with van der Waals surface area (Å²) in [4.78, 5) is 19.2. The number of pyridine rings is 2. The number of hydrogen-bond acceptors (Lipinski definition) is 6. The second kappa shape index (κ2) is 14.8. The van der Waals surface area contributed by atoms with E-state index in [1.54, 1.807) is 36.9 Å². The molecule has 4 aromatic heterocycles. The molecule has 0 aliphatic carbocycles. The van der Waals surface area contributed by atoms with E-state index in [-0.39, 0.29) is 0 Å². The minimum Gasteiger partial charge on any atom is -0.248 e. The van der Waals surface area contributed by atoms with Crippen molar-refractivity contribution in [2.45, 2.75) is 27.7 Å². The number of hydrogen-bond donors (Lipinski definition) is 0. The van der Waals surface area contributed by atoms with E-state index in [4.69, 9.17) is 34.8 Å². The van der Waals surface area contributed by atoms with Crippen LogP contribution in [0.15, 0.2) is 61.4 Å². The maximum Gasteiger partial charge on any atom is 0.129 e. The lowest BCUT2D eigenvalue weighted by Crippen LogP contribution is -1.76. The molecule has 0 unspecified atom stereocenters. The van der Waals surface area contributed by atoms with Crippen LogP contribution < -0.4 is 0 Å². The first-order valence-corrected chi connectivity index (χ1v) is 10.7. The monoisotopic (exact) mass is 481 g/mol. The fourth-order valence-electron chi connectivity index (χ4n) is 1.67. The Morgan fingerprint density at radius 3 is 1.70 bits per heavy atom. The van der Waals surface area contributed by atoms with Crippen LogP contribution in [0.4, 0.5) is 0 Å². The van der Waals surface area contributed by atoms with E-state index in [0.29, 0.717) is 10.3 Å². The largest absolute Gasteiger partial charge is 0.248 e. The molecule has 5 nitrogen and oxygen atoms in total. The second-order valence-electron chi connectivity index (χ2n) is 5.86. The quantitative estimate of drug-likeness (QED) is 0.253. The molecule has 158 valence electrons. The lowest BCUT2D eigenvalue weighted by atomic mass is 10.3. The van der Waals surface area contributed by atoms with Gasteiger partial charge in [0, 0.05) is 24.3 Å². The van der Waals surface area contributed by atoms with Gasteiger partial charge in [-0.15, -0.1) is 11.3 Å². The number of halogens is 3. The number of rotatable bonds is 0. The van der Waals surface area contributed by atoms with Gasteiger partial charge in [-0.25, -0.2) is 24.9 Å². The molecule has 9 heteroatoms. The van der Waals surface area contributed by atoms with E-state index >= 15 is 0 Å². The van der Waals surface area contributed by atoms with Gasteiger partial charge in [-0.3, -0.25) is 0 Å². The zero-order valence-electron chi connectivity index (χ0n) is 17.1. The zero-order valence-corrected chi connectivity index (χ0v) is 20.1. The molecule has 4 aromatic rings. The normalized spacial score (nSPS) is 9.17. The van der Waals surface area contributed by atoms with Crippen LogP contribution in [-0.4, -0.2) is 24.9 Å². The first-order chi connectivity index (χ1) is 14.3. The van der Waals surface area contributed by atoms with Gasteiger partial charge in [0.2, 0.25) is 0 Å². The van der Waals surface area contributed by atoms with Gasteiger partial charge in [-0.2, -0.15) is 0 Å². The molecule has 0 aromatic carbocycles. The molecular weight excluding hydrogens is 461 g/mol. The van der Waals surface area contributed by atoms with Crippen molar-refractivity contribution < 1.29 is 0 Å². The van der Waals surface area contributed by atoms with Gasteiger partial charge < -0.3 is 0 Å². The fraction of sp³-hybridized carbons (Fsp3) is 0.190. The molecular formula is C21H22Cl3N5S. The smallest absolute Gasteiger partial charge is 0.129 e. The maximum absolute atomic E-state index is 5.53. The number of nitrogens with zero attached hydrogens (tertiary/aromatic N) is 5. The Bertz CT molecular complexity index is 925. The molecule has 0 radical (unpaired) electrons. The minimum atomic E-state index is 0.551. The van der Waals surface area contributed by atoms with Crippen LogP contribution in [0, 0.1) is 27.7 Å². The first-order valence-electron chi connectivity index (χ1n) is 8.73. The Balaban J connectivity index is 0.000000200. The fourth-order valence-corrected chi connectivity index (χ4v) is 2.86. The SMILES string of the molecule is Cc1ccc(Cl)nc1.Cc1cccc(Cl)n1.Cc1cncnc1.Cc1ncc(Cl)s1. The Kier molecular flexibility index (Phi) is 12.8. The third-order valence-electron chi connectivity index (χ3n) is 3.01. The van der Waals surface area contributed by atoms with Gasteiger partial charge in [-0.05, 0) is 57.0 Å². The molecule has 0 bridgehead atoms. The summed E-state index contributed by atoms with van der Waals surface area (Å²) in [6.07, 6.45) is 8.46. The summed E-state index contributed by atoms with van der Waals surface area (Å²) in [5.74, 6) is 0. The van der Waals surface area contributed by atoms with E-state index in [1.165, 1.54) is 17.7 Å². The van der Waals surface area contributed by atoms with E-state index in [2.05, 4.69) is 24.9 Å². The number of aryl methyl sites for hydroxylation is 4. The summed E-state index contributed by atoms with van der Waals surface area (Å²) in [6, 6.07) is 9.25. The number of aromatic nitrogens is 5. The molecule has 0 aliphatic rings. The van der Waals surface area contributed by atoms with E-state index in [1.807, 2.05) is 45.9 Å². The van der Waals surface area contributed by atoms with Crippen LogP contribution in [0.3, 0.4) is 0 Å². The molecule has 4 rings (SSSR count). The highest BCUT2D eigenvalue weighted by Gasteiger charge is 1.88. The molecule has 4 heterocycles. The molecule has 0 atom stereocenters. The van der Waals surface area contributed by atoms with Gasteiger partial charge in [0.05, 0.1) is 11.2 Å². The third-order valence-corrected chi connectivity index (χ3v) is 4.48. The van der Waals surface area contributed by atoms with Crippen LogP contribution in [0.1, 0.15) is 21.8 Å². The topological polar surface area (TPSA) is 64.5 Å². The highest BCUT2D eigenvalue weighted by atomic mass is 35.5. The summed E-state index contributed by atoms with van der Waals surface area (Å²) in [5, 5.41) is 2.13. The van der Waals surface area contributed by atoms with Crippen molar-refractivity contribution in [2.75, 3.05) is 0 Å². The van der Waals surface area contributed by atoms with Gasteiger partial charge in [-0.1, -0.05) is 46.9 Å². The van der Waals surface area contributed by atoms with Gasteiger partial charge in [0.15, 0.2) is 0 Å². The van der Waals surface area contributed by atoms with Crippen LogP contribution in [0.2, 0.25) is 14.6 Å². The van der Waals surface area contributed by atoms with E-state index < -0.39 is 0 Å². The van der Waals surface area contributed by atoms with Gasteiger partial charge >= 0.3 is 0 Å². The third kappa shape index (κ3) is 13.2. The van der Waals surface area contributed by atoms with Crippen molar-refractivity contribution in [1.82, 2.24) is 24.9 Å². The number of thiazole rings is 1. The Morgan fingerprint density at radius 1 is 0.700 bits per heavy atom. The summed E-state index contributed by atoms with van der Waals surface area (Å²) in [7, 11) is 0. The predicted molar refractivity (Wildman–Crippen MR) is 127 cm³/mol. The van der Waals surface area contributed by atoms with Crippen LogP contribution in [-0.2, 0) is 0 Å². The highest BCUT2D eigenvalue weighted by molar-refractivity contribution is 7.15. The first kappa shape index (κ1) is 25.9. The second-order valence-corrected chi connectivity index (χ2v) is 8.50. The maximum atomic E-state index is 5.53. The Morgan fingerprint density at radius 2 is 1.40 bits per heavy atom. The average Bonchev–Trinajstić information content (AvgIpc) is 3.09. The molecule has 0 spiro atoms. The average molecular weight is 483 g/mol. The zero-order chi connectivity index (χ0) is 22.4. The summed E-state index contributed by atoms with van der Waals surface area (Å²) in [6.45, 7) is 7.77. The Labute approximate surface area is 196 Å². The van der Waals surface area contributed by atoms with Crippen molar-refractivity contribution in [3.63, 3.8) is 0 Å². The minimum absolute atomic E-state index is 0.551. The van der Waals surface area contributed by atoms with Crippen molar-refractivity contribution in [3.8, 4) is 0 Å². The predicted octanol–water partition coefficient (Wildman–Crippen LogP) is 6.98. The van der Waals surface area contributed by atoms with Crippen LogP contribution in [0.25, 0.3) is 0 Å². The van der Waals surface area contributed by atoms with E-state index in [9.17, 15) is 0 Å². The molecule has 0 saturated heterocycles. The van der Waals surface area contributed by atoms with Gasteiger partial charge in [0.1, 0.15) is 21.0 Å². The van der Waals surface area contributed by atoms with Crippen molar-refractivity contribution in [1.29, 1.82) is 0 Å². The molecule has 0 amide bonds. The lowest BCUT2D eigenvalue weighted by molar-refractivity contribution is 1.13.